The molecule has 0 unspecified atom stereocenters. The van der Waals surface area contributed by atoms with Crippen LogP contribution >= 0.6 is 11.3 Å². The van der Waals surface area contributed by atoms with Crippen molar-refractivity contribution in [3.8, 4) is 0 Å². The fraction of sp³-hybridized carbons (Fsp3) is 0.412. The number of hydrogen-bond acceptors (Lipinski definition) is 4. The van der Waals surface area contributed by atoms with E-state index in [2.05, 4.69) is 62.2 Å². The standard InChI is InChI=1S/C17H22BNO2S/c1-16(2)17(3,4)21-18(20-16)19(13-15-11-8-12-22-15)14-9-6-5-7-10-14/h5-12H,13H2,1-4H3. The smallest absolute Gasteiger partial charge is 0.384 e. The second-order valence-electron chi connectivity index (χ2n) is 6.61. The summed E-state index contributed by atoms with van der Waals surface area (Å²) < 4.78 is 12.5. The highest BCUT2D eigenvalue weighted by Gasteiger charge is 2.54. The van der Waals surface area contributed by atoms with E-state index in [1.165, 1.54) is 4.88 Å². The van der Waals surface area contributed by atoms with Crippen molar-refractivity contribution in [2.75, 3.05) is 4.81 Å². The van der Waals surface area contributed by atoms with E-state index in [4.69, 9.17) is 9.31 Å². The summed E-state index contributed by atoms with van der Waals surface area (Å²) >= 11 is 1.75. The van der Waals surface area contributed by atoms with E-state index in [0.717, 1.165) is 12.2 Å². The molecule has 2 heterocycles. The molecule has 1 saturated heterocycles. The average molecular weight is 315 g/mol. The minimum atomic E-state index is -0.380. The summed E-state index contributed by atoms with van der Waals surface area (Å²) in [5.74, 6) is 0. The highest BCUT2D eigenvalue weighted by atomic mass is 32.1. The third kappa shape index (κ3) is 2.93. The van der Waals surface area contributed by atoms with E-state index in [-0.39, 0.29) is 18.5 Å². The minimum absolute atomic E-state index is 0.333. The van der Waals surface area contributed by atoms with Gasteiger partial charge in [-0.15, -0.1) is 11.3 Å². The number of benzene rings is 1. The highest BCUT2D eigenvalue weighted by molar-refractivity contribution is 7.09. The second-order valence-corrected chi connectivity index (χ2v) is 7.64. The van der Waals surface area contributed by atoms with Crippen molar-refractivity contribution in [2.24, 2.45) is 0 Å². The van der Waals surface area contributed by atoms with Gasteiger partial charge in [0, 0.05) is 17.1 Å². The molecule has 1 fully saturated rings. The zero-order valence-electron chi connectivity index (χ0n) is 13.6. The van der Waals surface area contributed by atoms with Crippen LogP contribution in [0.25, 0.3) is 0 Å². The van der Waals surface area contributed by atoms with Crippen molar-refractivity contribution >= 4 is 24.3 Å². The monoisotopic (exact) mass is 315 g/mol. The lowest BCUT2D eigenvalue weighted by Gasteiger charge is -2.32. The van der Waals surface area contributed by atoms with Crippen LogP contribution in [0.2, 0.25) is 0 Å². The van der Waals surface area contributed by atoms with Gasteiger partial charge in [0.1, 0.15) is 0 Å². The summed E-state index contributed by atoms with van der Waals surface area (Å²) in [5, 5.41) is 2.10. The molecule has 2 aromatic rings. The van der Waals surface area contributed by atoms with Crippen LogP contribution < -0.4 is 4.81 Å². The van der Waals surface area contributed by atoms with Crippen LogP contribution in [0.1, 0.15) is 32.6 Å². The Balaban J connectivity index is 1.90. The molecule has 0 radical (unpaired) electrons. The third-order valence-corrected chi connectivity index (χ3v) is 5.35. The number of nitrogens with zero attached hydrogens (tertiary/aromatic N) is 1. The Hall–Kier alpha value is -1.30. The maximum absolute atomic E-state index is 6.24. The summed E-state index contributed by atoms with van der Waals surface area (Å²) in [7, 11) is -0.380. The molecule has 3 nitrogen and oxygen atoms in total. The first-order chi connectivity index (χ1) is 10.4. The van der Waals surface area contributed by atoms with Gasteiger partial charge in [-0.25, -0.2) is 0 Å². The quantitative estimate of drug-likeness (QED) is 0.783. The topological polar surface area (TPSA) is 21.7 Å². The first-order valence-electron chi connectivity index (χ1n) is 7.59. The molecule has 0 bridgehead atoms. The Morgan fingerprint density at radius 2 is 1.59 bits per heavy atom. The molecular weight excluding hydrogens is 293 g/mol. The maximum atomic E-state index is 6.24. The summed E-state index contributed by atoms with van der Waals surface area (Å²) in [6.07, 6.45) is 0. The molecule has 0 spiro atoms. The third-order valence-electron chi connectivity index (χ3n) is 4.49. The summed E-state index contributed by atoms with van der Waals surface area (Å²) in [6, 6.07) is 14.5. The summed E-state index contributed by atoms with van der Waals surface area (Å²) in [4.78, 5) is 3.47. The van der Waals surface area contributed by atoms with E-state index in [1.807, 2.05) is 18.2 Å². The molecule has 3 rings (SSSR count). The largest absolute Gasteiger partial charge is 0.594 e. The van der Waals surface area contributed by atoms with Gasteiger partial charge >= 0.3 is 7.25 Å². The normalized spacial score (nSPS) is 19.4. The van der Waals surface area contributed by atoms with Crippen molar-refractivity contribution < 1.29 is 9.31 Å². The first-order valence-corrected chi connectivity index (χ1v) is 8.47. The molecule has 0 atom stereocenters. The average Bonchev–Trinajstić information content (AvgIpc) is 3.04. The van der Waals surface area contributed by atoms with Crippen molar-refractivity contribution in [3.05, 3.63) is 52.7 Å². The fourth-order valence-corrected chi connectivity index (χ4v) is 3.12. The zero-order valence-corrected chi connectivity index (χ0v) is 14.4. The van der Waals surface area contributed by atoms with E-state index < -0.39 is 0 Å². The van der Waals surface area contributed by atoms with Gasteiger partial charge in [-0.1, -0.05) is 24.3 Å². The molecule has 0 amide bonds. The SMILES string of the molecule is CC1(C)OB(N(Cc2cccs2)c2ccccc2)OC1(C)C. The molecule has 1 aliphatic heterocycles. The van der Waals surface area contributed by atoms with Crippen molar-refractivity contribution in [1.29, 1.82) is 0 Å². The Kier molecular flexibility index (Phi) is 4.06. The summed E-state index contributed by atoms with van der Waals surface area (Å²) in [5.41, 5.74) is 0.440. The summed E-state index contributed by atoms with van der Waals surface area (Å²) in [6.45, 7) is 9.11. The van der Waals surface area contributed by atoms with Gasteiger partial charge in [0.25, 0.3) is 0 Å². The highest BCUT2D eigenvalue weighted by Crippen LogP contribution is 2.39. The van der Waals surface area contributed by atoms with Gasteiger partial charge < -0.3 is 14.1 Å². The number of anilines is 1. The second kappa shape index (κ2) is 5.72. The number of rotatable bonds is 4. The molecule has 0 N–H and O–H groups in total. The number of thiophene rings is 1. The van der Waals surface area contributed by atoms with Crippen LogP contribution in [0.15, 0.2) is 47.8 Å². The fourth-order valence-electron chi connectivity index (χ4n) is 2.42. The van der Waals surface area contributed by atoms with Gasteiger partial charge in [-0.05, 0) is 51.3 Å². The first kappa shape index (κ1) is 15.6. The van der Waals surface area contributed by atoms with Gasteiger partial charge in [-0.3, -0.25) is 0 Å². The molecule has 1 aromatic carbocycles. The lowest BCUT2D eigenvalue weighted by Crippen LogP contribution is -2.41. The predicted octanol–water partition coefficient (Wildman–Crippen LogP) is 4.34. The molecule has 1 aromatic heterocycles. The van der Waals surface area contributed by atoms with Crippen LogP contribution in [0.5, 0.6) is 0 Å². The molecule has 116 valence electrons. The Morgan fingerprint density at radius 3 is 2.14 bits per heavy atom. The van der Waals surface area contributed by atoms with Gasteiger partial charge in [0.05, 0.1) is 11.2 Å². The molecule has 22 heavy (non-hydrogen) atoms. The van der Waals surface area contributed by atoms with Crippen molar-refractivity contribution in [1.82, 2.24) is 0 Å². The molecule has 0 aliphatic carbocycles. The zero-order chi connectivity index (χ0) is 15.8. The van der Waals surface area contributed by atoms with E-state index >= 15 is 0 Å². The van der Waals surface area contributed by atoms with Crippen LogP contribution in [-0.4, -0.2) is 18.5 Å². The lowest BCUT2D eigenvalue weighted by molar-refractivity contribution is 0.00578. The molecule has 1 aliphatic rings. The van der Waals surface area contributed by atoms with Gasteiger partial charge in [0.2, 0.25) is 0 Å². The van der Waals surface area contributed by atoms with Crippen LogP contribution in [-0.2, 0) is 15.9 Å². The minimum Gasteiger partial charge on any atom is -0.384 e. The van der Waals surface area contributed by atoms with Crippen LogP contribution in [0, 0.1) is 0 Å². The number of hydrogen-bond donors (Lipinski definition) is 0. The van der Waals surface area contributed by atoms with Gasteiger partial charge in [-0.2, -0.15) is 0 Å². The lowest BCUT2D eigenvalue weighted by atomic mass is 9.90. The predicted molar refractivity (Wildman–Crippen MR) is 93.0 cm³/mol. The molecular formula is C17H22BNO2S. The Bertz CT molecular complexity index is 597. The van der Waals surface area contributed by atoms with E-state index in [9.17, 15) is 0 Å². The maximum Gasteiger partial charge on any atom is 0.594 e. The molecule has 0 saturated carbocycles. The van der Waals surface area contributed by atoms with E-state index in [1.54, 1.807) is 11.3 Å². The van der Waals surface area contributed by atoms with Crippen molar-refractivity contribution in [3.63, 3.8) is 0 Å². The molecule has 5 heteroatoms. The van der Waals surface area contributed by atoms with E-state index in [0.29, 0.717) is 0 Å². The van der Waals surface area contributed by atoms with Crippen molar-refractivity contribution in [2.45, 2.75) is 45.4 Å². The van der Waals surface area contributed by atoms with Crippen LogP contribution in [0.4, 0.5) is 5.69 Å². The van der Waals surface area contributed by atoms with Gasteiger partial charge in [0.15, 0.2) is 0 Å². The van der Waals surface area contributed by atoms with Crippen LogP contribution in [0.3, 0.4) is 0 Å². The Morgan fingerprint density at radius 1 is 0.955 bits per heavy atom. The Labute approximate surface area is 137 Å². The number of para-hydroxylation sites is 1.